The minimum Gasteiger partial charge on any atom is -0.493 e. The minimum atomic E-state index is -0.195. The molecule has 142 valence electrons. The molecule has 2 N–H and O–H groups in total. The first-order valence-corrected chi connectivity index (χ1v) is 8.77. The molecule has 1 heterocycles. The van der Waals surface area contributed by atoms with Crippen LogP contribution in [0, 0.1) is 11.3 Å². The summed E-state index contributed by atoms with van der Waals surface area (Å²) in [6.45, 7) is 0.423. The van der Waals surface area contributed by atoms with Crippen LogP contribution in [0.25, 0.3) is 17.1 Å². The van der Waals surface area contributed by atoms with Crippen LogP contribution < -0.4 is 14.8 Å². The number of nitrogens with one attached hydrogen (secondary N) is 2. The zero-order valence-electron chi connectivity index (χ0n) is 15.4. The Balaban J connectivity index is 1.52. The topological polar surface area (TPSA) is 100 Å². The highest BCUT2D eigenvalue weighted by Gasteiger charge is 2.05. The van der Waals surface area contributed by atoms with Gasteiger partial charge in [-0.15, -0.1) is 0 Å². The lowest BCUT2D eigenvalue weighted by Crippen LogP contribution is -2.23. The fraction of sp³-hybridized carbons (Fsp3) is 0.190. The first-order valence-electron chi connectivity index (χ1n) is 8.77. The van der Waals surface area contributed by atoms with Gasteiger partial charge in [0.2, 0.25) is 5.91 Å². The van der Waals surface area contributed by atoms with Crippen molar-refractivity contribution in [3.8, 4) is 17.6 Å². The molecule has 7 heteroatoms. The van der Waals surface area contributed by atoms with E-state index in [1.54, 1.807) is 24.3 Å². The number of carbonyl (C=O) groups is 1. The van der Waals surface area contributed by atoms with Crippen LogP contribution in [0.3, 0.4) is 0 Å². The SMILES string of the molecule is COc1cc(/C=C/C(=O)NCCc2nc3ccccc3[nH]2)ccc1OCC#N. The van der Waals surface area contributed by atoms with Gasteiger partial charge in [0.05, 0.1) is 18.1 Å². The van der Waals surface area contributed by atoms with E-state index in [4.69, 9.17) is 14.7 Å². The normalized spacial score (nSPS) is 10.7. The first kappa shape index (κ1) is 19.0. The quantitative estimate of drug-likeness (QED) is 0.589. The van der Waals surface area contributed by atoms with E-state index in [9.17, 15) is 4.79 Å². The van der Waals surface area contributed by atoms with Gasteiger partial charge in [-0.3, -0.25) is 4.79 Å². The number of hydrogen-bond donors (Lipinski definition) is 2. The monoisotopic (exact) mass is 376 g/mol. The number of nitriles is 1. The van der Waals surface area contributed by atoms with Crippen molar-refractivity contribution in [2.75, 3.05) is 20.3 Å². The van der Waals surface area contributed by atoms with Crippen LogP contribution in [0.15, 0.2) is 48.5 Å². The van der Waals surface area contributed by atoms with E-state index < -0.39 is 0 Å². The Morgan fingerprint density at radius 3 is 2.93 bits per heavy atom. The van der Waals surface area contributed by atoms with Gasteiger partial charge in [-0.25, -0.2) is 4.98 Å². The number of imidazole rings is 1. The Kier molecular flexibility index (Phi) is 6.26. The summed E-state index contributed by atoms with van der Waals surface area (Å²) in [7, 11) is 1.52. The van der Waals surface area contributed by atoms with Crippen molar-refractivity contribution in [2.45, 2.75) is 6.42 Å². The average Bonchev–Trinajstić information content (AvgIpc) is 3.13. The largest absolute Gasteiger partial charge is 0.493 e. The maximum atomic E-state index is 12.0. The maximum Gasteiger partial charge on any atom is 0.244 e. The van der Waals surface area contributed by atoms with Crippen molar-refractivity contribution >= 4 is 23.0 Å². The number of carbonyl (C=O) groups excluding carboxylic acids is 1. The number of H-pyrrole nitrogens is 1. The van der Waals surface area contributed by atoms with Gasteiger partial charge in [-0.05, 0) is 35.9 Å². The van der Waals surface area contributed by atoms with Crippen LogP contribution in [0.5, 0.6) is 11.5 Å². The second-order valence-electron chi connectivity index (χ2n) is 5.93. The van der Waals surface area contributed by atoms with Crippen molar-refractivity contribution < 1.29 is 14.3 Å². The first-order chi connectivity index (χ1) is 13.7. The lowest BCUT2D eigenvalue weighted by atomic mass is 10.2. The van der Waals surface area contributed by atoms with E-state index in [1.807, 2.05) is 30.3 Å². The molecule has 0 spiro atoms. The number of nitrogens with zero attached hydrogens (tertiary/aromatic N) is 2. The molecule has 0 fully saturated rings. The molecular weight excluding hydrogens is 356 g/mol. The van der Waals surface area contributed by atoms with Crippen molar-refractivity contribution in [2.24, 2.45) is 0 Å². The molecule has 0 radical (unpaired) electrons. The third-order valence-corrected chi connectivity index (χ3v) is 4.01. The number of rotatable bonds is 8. The molecule has 0 unspecified atom stereocenters. The van der Waals surface area contributed by atoms with Gasteiger partial charge in [-0.2, -0.15) is 5.26 Å². The van der Waals surface area contributed by atoms with Gasteiger partial charge in [0.1, 0.15) is 11.9 Å². The summed E-state index contributed by atoms with van der Waals surface area (Å²) in [5, 5.41) is 11.4. The average molecular weight is 376 g/mol. The Morgan fingerprint density at radius 2 is 2.14 bits per heavy atom. The number of para-hydroxylation sites is 2. The van der Waals surface area contributed by atoms with Crippen LogP contribution in [0.4, 0.5) is 0 Å². The molecule has 0 bridgehead atoms. The lowest BCUT2D eigenvalue weighted by Gasteiger charge is -2.08. The fourth-order valence-corrected chi connectivity index (χ4v) is 2.68. The third-order valence-electron chi connectivity index (χ3n) is 4.01. The van der Waals surface area contributed by atoms with Crippen molar-refractivity contribution in [1.82, 2.24) is 15.3 Å². The summed E-state index contributed by atoms with van der Waals surface area (Å²) in [6, 6.07) is 14.9. The zero-order chi connectivity index (χ0) is 19.8. The molecule has 1 amide bonds. The van der Waals surface area contributed by atoms with Gasteiger partial charge in [0.15, 0.2) is 18.1 Å². The molecule has 0 aliphatic heterocycles. The number of aromatic amines is 1. The highest BCUT2D eigenvalue weighted by molar-refractivity contribution is 5.91. The summed E-state index contributed by atoms with van der Waals surface area (Å²) >= 11 is 0. The molecule has 28 heavy (non-hydrogen) atoms. The minimum absolute atomic E-state index is 0.0564. The molecule has 2 aromatic carbocycles. The smallest absolute Gasteiger partial charge is 0.244 e. The predicted octanol–water partition coefficient (Wildman–Crippen LogP) is 2.85. The molecule has 0 aliphatic carbocycles. The predicted molar refractivity (Wildman–Crippen MR) is 106 cm³/mol. The Bertz CT molecular complexity index is 1000. The number of aromatic nitrogens is 2. The van der Waals surface area contributed by atoms with Gasteiger partial charge in [0, 0.05) is 19.0 Å². The molecule has 0 saturated heterocycles. The number of amides is 1. The highest BCUT2D eigenvalue weighted by Crippen LogP contribution is 2.28. The Hall–Kier alpha value is -3.79. The zero-order valence-corrected chi connectivity index (χ0v) is 15.4. The summed E-state index contributed by atoms with van der Waals surface area (Å²) in [5.74, 6) is 1.63. The number of methoxy groups -OCH3 is 1. The number of fused-ring (bicyclic) bond motifs is 1. The Labute approximate surface area is 162 Å². The standard InChI is InChI=1S/C21H20N4O3/c1-27-19-14-15(6-8-18(19)28-13-11-22)7-9-21(26)23-12-10-20-24-16-4-2-3-5-17(16)25-20/h2-9,14H,10,12-13H2,1H3,(H,23,26)(H,24,25)/b9-7+. The van der Waals surface area contributed by atoms with E-state index in [0.717, 1.165) is 22.4 Å². The lowest BCUT2D eigenvalue weighted by molar-refractivity contribution is -0.116. The summed E-state index contributed by atoms with van der Waals surface area (Å²) in [5.41, 5.74) is 2.69. The highest BCUT2D eigenvalue weighted by atomic mass is 16.5. The molecular formula is C21H20N4O3. The summed E-state index contributed by atoms with van der Waals surface area (Å²) in [6.07, 6.45) is 3.77. The number of hydrogen-bond acceptors (Lipinski definition) is 5. The van der Waals surface area contributed by atoms with Gasteiger partial charge < -0.3 is 19.8 Å². The second-order valence-corrected chi connectivity index (χ2v) is 5.93. The van der Waals surface area contributed by atoms with Crippen LogP contribution >= 0.6 is 0 Å². The van der Waals surface area contributed by atoms with Gasteiger partial charge >= 0.3 is 0 Å². The molecule has 0 aliphatic rings. The van der Waals surface area contributed by atoms with Crippen molar-refractivity contribution in [3.63, 3.8) is 0 Å². The van der Waals surface area contributed by atoms with Crippen LogP contribution in [0.1, 0.15) is 11.4 Å². The molecule has 7 nitrogen and oxygen atoms in total. The third kappa shape index (κ3) is 4.89. The van der Waals surface area contributed by atoms with Crippen molar-refractivity contribution in [1.29, 1.82) is 5.26 Å². The van der Waals surface area contributed by atoms with Gasteiger partial charge in [0.25, 0.3) is 0 Å². The van der Waals surface area contributed by atoms with E-state index in [2.05, 4.69) is 15.3 Å². The summed E-state index contributed by atoms with van der Waals surface area (Å²) < 4.78 is 10.5. The summed E-state index contributed by atoms with van der Waals surface area (Å²) in [4.78, 5) is 19.7. The van der Waals surface area contributed by atoms with E-state index in [0.29, 0.717) is 24.5 Å². The van der Waals surface area contributed by atoms with E-state index in [-0.39, 0.29) is 12.5 Å². The van der Waals surface area contributed by atoms with Crippen LogP contribution in [0.2, 0.25) is 0 Å². The van der Waals surface area contributed by atoms with E-state index in [1.165, 1.54) is 13.2 Å². The number of ether oxygens (including phenoxy) is 2. The van der Waals surface area contributed by atoms with Crippen LogP contribution in [-0.4, -0.2) is 36.1 Å². The second kappa shape index (κ2) is 9.24. The molecule has 0 saturated carbocycles. The molecule has 3 rings (SSSR count). The fourth-order valence-electron chi connectivity index (χ4n) is 2.68. The number of benzene rings is 2. The molecule has 0 atom stereocenters. The molecule has 3 aromatic rings. The maximum absolute atomic E-state index is 12.0. The van der Waals surface area contributed by atoms with Crippen molar-refractivity contribution in [3.05, 3.63) is 59.9 Å². The van der Waals surface area contributed by atoms with Gasteiger partial charge in [-0.1, -0.05) is 18.2 Å². The Morgan fingerprint density at radius 1 is 1.29 bits per heavy atom. The molecule has 1 aromatic heterocycles. The van der Waals surface area contributed by atoms with E-state index >= 15 is 0 Å². The van der Waals surface area contributed by atoms with Crippen LogP contribution in [-0.2, 0) is 11.2 Å².